The molecule has 0 radical (unpaired) electrons. The number of amides is 1. The van der Waals surface area contributed by atoms with E-state index in [1.165, 1.54) is 10.9 Å². The largest absolute Gasteiger partial charge is 0.363 e. The Hall–Kier alpha value is -3.53. The molecule has 2 atom stereocenters. The first-order valence-corrected chi connectivity index (χ1v) is 10.9. The van der Waals surface area contributed by atoms with Gasteiger partial charge >= 0.3 is 0 Å². The zero-order valence-electron chi connectivity index (χ0n) is 18.1. The summed E-state index contributed by atoms with van der Waals surface area (Å²) in [7, 11) is 0. The van der Waals surface area contributed by atoms with Crippen LogP contribution in [0.1, 0.15) is 45.6 Å². The number of aryl methyl sites for hydroxylation is 1. The monoisotopic (exact) mass is 470 g/mol. The van der Waals surface area contributed by atoms with Crippen LogP contribution >= 0.6 is 12.2 Å². The van der Waals surface area contributed by atoms with E-state index in [2.05, 4.69) is 26.6 Å². The highest BCUT2D eigenvalue weighted by Gasteiger charge is 2.36. The molecule has 0 fully saturated rings. The number of halogens is 2. The minimum absolute atomic E-state index is 0.142. The van der Waals surface area contributed by atoms with Crippen molar-refractivity contribution in [2.45, 2.75) is 38.8 Å². The van der Waals surface area contributed by atoms with Crippen molar-refractivity contribution in [2.75, 3.05) is 10.6 Å². The number of anilines is 2. The van der Waals surface area contributed by atoms with Crippen LogP contribution in [0, 0.1) is 13.8 Å². The first kappa shape index (κ1) is 22.7. The van der Waals surface area contributed by atoms with E-state index in [0.717, 1.165) is 22.4 Å². The third-order valence-electron chi connectivity index (χ3n) is 5.78. The van der Waals surface area contributed by atoms with Gasteiger partial charge in [0.2, 0.25) is 0 Å². The third kappa shape index (κ3) is 4.80. The van der Waals surface area contributed by atoms with Crippen molar-refractivity contribution in [1.29, 1.82) is 0 Å². The Bertz CT molecular complexity index is 1170. The van der Waals surface area contributed by atoms with Crippen LogP contribution in [0.25, 0.3) is 0 Å². The Kier molecular flexibility index (Phi) is 6.55. The molecule has 0 saturated carbocycles. The highest BCUT2D eigenvalue weighted by molar-refractivity contribution is 7.80. The number of hydrogen-bond acceptors (Lipinski definition) is 4. The predicted molar refractivity (Wildman–Crippen MR) is 127 cm³/mol. The lowest BCUT2D eigenvalue weighted by atomic mass is 9.97. The highest BCUT2D eigenvalue weighted by atomic mass is 32.1. The SMILES string of the molecule is Cc1cccc(NC(=S)NNC(=O)c2cnn3c2N[C@H](c2ccccc2)C[C@@H]3C(F)F)c1C. The van der Waals surface area contributed by atoms with Crippen LogP contribution in [0.3, 0.4) is 0 Å². The molecule has 0 aliphatic carbocycles. The molecule has 0 unspecified atom stereocenters. The molecule has 10 heteroatoms. The van der Waals surface area contributed by atoms with Crippen molar-refractivity contribution in [1.82, 2.24) is 20.6 Å². The second-order valence-corrected chi connectivity index (χ2v) is 8.29. The van der Waals surface area contributed by atoms with Gasteiger partial charge in [0.05, 0.1) is 12.2 Å². The lowest BCUT2D eigenvalue weighted by Gasteiger charge is -2.32. The van der Waals surface area contributed by atoms with Gasteiger partial charge in [-0.25, -0.2) is 13.5 Å². The molecule has 4 rings (SSSR count). The normalized spacial score (nSPS) is 17.1. The number of fused-ring (bicyclic) bond motifs is 1. The van der Waals surface area contributed by atoms with E-state index in [-0.39, 0.29) is 29.0 Å². The molecule has 3 aromatic rings. The fourth-order valence-corrected chi connectivity index (χ4v) is 3.99. The van der Waals surface area contributed by atoms with Gasteiger partial charge in [0.15, 0.2) is 5.11 Å². The standard InChI is InChI=1S/C23H24F2N6OS/c1-13-7-6-10-17(14(13)2)28-23(33)30-29-22(32)16-12-26-31-19(20(24)25)11-18(27-21(16)31)15-8-4-3-5-9-15/h3-10,12,18-20,27H,11H2,1-2H3,(H,29,32)(H2,28,30,33)/t18-,19+/m0/s1. The lowest BCUT2D eigenvalue weighted by Crippen LogP contribution is -2.44. The van der Waals surface area contributed by atoms with Crippen molar-refractivity contribution in [2.24, 2.45) is 0 Å². The van der Waals surface area contributed by atoms with Crippen molar-refractivity contribution in [3.63, 3.8) is 0 Å². The van der Waals surface area contributed by atoms with E-state index < -0.39 is 18.4 Å². The Morgan fingerprint density at radius 2 is 1.91 bits per heavy atom. The zero-order valence-corrected chi connectivity index (χ0v) is 18.9. The van der Waals surface area contributed by atoms with Gasteiger partial charge < -0.3 is 10.6 Å². The molecule has 7 nitrogen and oxygen atoms in total. The van der Waals surface area contributed by atoms with Gasteiger partial charge in [-0.15, -0.1) is 0 Å². The average molecular weight is 471 g/mol. The number of carbonyl (C=O) groups is 1. The van der Waals surface area contributed by atoms with Crippen LogP contribution in [0.4, 0.5) is 20.3 Å². The minimum Gasteiger partial charge on any atom is -0.363 e. The van der Waals surface area contributed by atoms with E-state index >= 15 is 0 Å². The van der Waals surface area contributed by atoms with E-state index in [0.29, 0.717) is 0 Å². The summed E-state index contributed by atoms with van der Waals surface area (Å²) < 4.78 is 28.8. The molecule has 2 aromatic carbocycles. The maximum absolute atomic E-state index is 13.8. The number of thiocarbonyl (C=S) groups is 1. The van der Waals surface area contributed by atoms with Crippen LogP contribution in [0.15, 0.2) is 54.7 Å². The number of aromatic nitrogens is 2. The maximum Gasteiger partial charge on any atom is 0.275 e. The predicted octanol–water partition coefficient (Wildman–Crippen LogP) is 4.49. The van der Waals surface area contributed by atoms with Gasteiger partial charge in [0.25, 0.3) is 12.3 Å². The maximum atomic E-state index is 13.8. The number of benzene rings is 2. The van der Waals surface area contributed by atoms with Gasteiger partial charge in [-0.2, -0.15) is 5.10 Å². The van der Waals surface area contributed by atoms with Crippen LogP contribution < -0.4 is 21.5 Å². The molecular formula is C23H24F2N6OS. The molecule has 172 valence electrons. The van der Waals surface area contributed by atoms with Gasteiger partial charge in [-0.3, -0.25) is 15.6 Å². The molecule has 0 spiro atoms. The van der Waals surface area contributed by atoms with Gasteiger partial charge in [0.1, 0.15) is 17.4 Å². The third-order valence-corrected chi connectivity index (χ3v) is 5.98. The average Bonchev–Trinajstić information content (AvgIpc) is 3.24. The number of hydrogen-bond donors (Lipinski definition) is 4. The Balaban J connectivity index is 1.48. The molecule has 0 saturated heterocycles. The molecule has 4 N–H and O–H groups in total. The summed E-state index contributed by atoms with van der Waals surface area (Å²) in [4.78, 5) is 12.8. The Morgan fingerprint density at radius 1 is 1.15 bits per heavy atom. The van der Waals surface area contributed by atoms with E-state index in [1.807, 2.05) is 62.4 Å². The Labute approximate surface area is 195 Å². The molecule has 1 aliphatic rings. The van der Waals surface area contributed by atoms with Gasteiger partial charge in [0, 0.05) is 5.69 Å². The van der Waals surface area contributed by atoms with Crippen molar-refractivity contribution < 1.29 is 13.6 Å². The lowest BCUT2D eigenvalue weighted by molar-refractivity contribution is 0.0656. The number of rotatable bonds is 4. The zero-order chi connectivity index (χ0) is 23.5. The summed E-state index contributed by atoms with van der Waals surface area (Å²) in [6, 6.07) is 13.5. The number of alkyl halides is 2. The van der Waals surface area contributed by atoms with Gasteiger partial charge in [-0.05, 0) is 55.2 Å². The summed E-state index contributed by atoms with van der Waals surface area (Å²) in [6.07, 6.45) is -1.19. The molecule has 2 heterocycles. The van der Waals surface area contributed by atoms with Crippen LogP contribution in [0.2, 0.25) is 0 Å². The van der Waals surface area contributed by atoms with Gasteiger partial charge in [-0.1, -0.05) is 42.5 Å². The first-order chi connectivity index (χ1) is 15.8. The second-order valence-electron chi connectivity index (χ2n) is 7.88. The van der Waals surface area contributed by atoms with Crippen LogP contribution in [-0.2, 0) is 0 Å². The van der Waals surface area contributed by atoms with Crippen LogP contribution in [-0.4, -0.2) is 27.2 Å². The molecule has 1 aliphatic heterocycles. The van der Waals surface area contributed by atoms with Crippen molar-refractivity contribution in [3.05, 3.63) is 77.0 Å². The molecule has 0 bridgehead atoms. The van der Waals surface area contributed by atoms with E-state index in [4.69, 9.17) is 12.2 Å². The summed E-state index contributed by atoms with van der Waals surface area (Å²) in [5.74, 6) is -0.302. The summed E-state index contributed by atoms with van der Waals surface area (Å²) in [6.45, 7) is 3.95. The topological polar surface area (TPSA) is 83.0 Å². The van der Waals surface area contributed by atoms with E-state index in [9.17, 15) is 13.6 Å². The van der Waals surface area contributed by atoms with Crippen LogP contribution in [0.5, 0.6) is 0 Å². The fraction of sp³-hybridized carbons (Fsp3) is 0.261. The van der Waals surface area contributed by atoms with E-state index in [1.54, 1.807) is 0 Å². The molecule has 33 heavy (non-hydrogen) atoms. The Morgan fingerprint density at radius 3 is 2.64 bits per heavy atom. The number of hydrazine groups is 1. The highest BCUT2D eigenvalue weighted by Crippen LogP contribution is 2.39. The number of nitrogens with one attached hydrogen (secondary N) is 4. The van der Waals surface area contributed by atoms with Crippen molar-refractivity contribution in [3.8, 4) is 0 Å². The first-order valence-electron chi connectivity index (χ1n) is 10.5. The number of carbonyl (C=O) groups excluding carboxylic acids is 1. The summed E-state index contributed by atoms with van der Waals surface area (Å²) in [5, 5.41) is 10.5. The van der Waals surface area contributed by atoms with Crippen molar-refractivity contribution >= 4 is 34.7 Å². The molecule has 1 amide bonds. The fourth-order valence-electron chi connectivity index (χ4n) is 3.82. The number of nitrogens with zero attached hydrogens (tertiary/aromatic N) is 2. The molecular weight excluding hydrogens is 446 g/mol. The summed E-state index contributed by atoms with van der Waals surface area (Å²) in [5.41, 5.74) is 9.13. The smallest absolute Gasteiger partial charge is 0.275 e. The quantitative estimate of drug-likeness (QED) is 0.332. The summed E-state index contributed by atoms with van der Waals surface area (Å²) >= 11 is 5.27. The second kappa shape index (κ2) is 9.53. The minimum atomic E-state index is -2.62. The molecule has 1 aromatic heterocycles.